The molecule has 0 aromatic heterocycles. The van der Waals surface area contributed by atoms with Crippen LogP contribution in [0.15, 0.2) is 4.99 Å². The molecule has 23 heavy (non-hydrogen) atoms. The number of hydrogen-bond acceptors (Lipinski definition) is 4. The average Bonchev–Trinajstić information content (AvgIpc) is 3.12. The number of carbonyl (C=O) groups excluding carboxylic acids is 2. The van der Waals surface area contributed by atoms with Crippen molar-refractivity contribution in [3.8, 4) is 0 Å². The van der Waals surface area contributed by atoms with Gasteiger partial charge in [0.1, 0.15) is 0 Å². The second-order valence-corrected chi connectivity index (χ2v) is 7.36. The van der Waals surface area contributed by atoms with Crippen LogP contribution in [0.25, 0.3) is 0 Å². The van der Waals surface area contributed by atoms with Gasteiger partial charge in [-0.1, -0.05) is 39.0 Å². The molecule has 0 saturated carbocycles. The van der Waals surface area contributed by atoms with E-state index in [1.54, 1.807) is 23.7 Å². The van der Waals surface area contributed by atoms with Crippen LogP contribution in [0, 0.1) is 0 Å². The fourth-order valence-corrected chi connectivity index (χ4v) is 4.32. The van der Waals surface area contributed by atoms with Crippen molar-refractivity contribution < 1.29 is 14.2 Å². The zero-order valence-corrected chi connectivity index (χ0v) is 14.8. The van der Waals surface area contributed by atoms with Gasteiger partial charge in [-0.3, -0.25) is 14.6 Å². The number of hydrogen-bond donors (Lipinski definition) is 0. The van der Waals surface area contributed by atoms with E-state index in [1.807, 2.05) is 4.58 Å². The zero-order valence-electron chi connectivity index (χ0n) is 14.0. The number of fused-ring (bicyclic) bond motifs is 2. The van der Waals surface area contributed by atoms with Gasteiger partial charge in [0.15, 0.2) is 0 Å². The summed E-state index contributed by atoms with van der Waals surface area (Å²) in [6, 6.07) is -0.617. The first-order valence-electron chi connectivity index (χ1n) is 8.59. The van der Waals surface area contributed by atoms with Gasteiger partial charge in [-0.05, 0) is 23.2 Å². The van der Waals surface area contributed by atoms with Gasteiger partial charge < -0.3 is 0 Å². The van der Waals surface area contributed by atoms with Crippen molar-refractivity contribution >= 4 is 34.7 Å². The molecule has 7 heteroatoms. The van der Waals surface area contributed by atoms with Crippen LogP contribution in [0.4, 0.5) is 4.79 Å². The summed E-state index contributed by atoms with van der Waals surface area (Å²) in [6.45, 7) is 3.55. The summed E-state index contributed by atoms with van der Waals surface area (Å²) < 4.78 is 2.04. The van der Waals surface area contributed by atoms with Crippen LogP contribution in [0.2, 0.25) is 0 Å². The Morgan fingerprint density at radius 2 is 1.96 bits per heavy atom. The normalized spacial score (nSPS) is 23.6. The number of nitrogens with zero attached hydrogens (tertiary/aromatic N) is 4. The topological polar surface area (TPSA) is 56.0 Å². The Balaban J connectivity index is 1.62. The van der Waals surface area contributed by atoms with Crippen molar-refractivity contribution in [1.82, 2.24) is 9.80 Å². The summed E-state index contributed by atoms with van der Waals surface area (Å²) in [5, 5.41) is 0.888. The molecule has 1 fully saturated rings. The van der Waals surface area contributed by atoms with E-state index in [0.29, 0.717) is 12.4 Å². The van der Waals surface area contributed by atoms with Crippen LogP contribution in [0.5, 0.6) is 0 Å². The minimum Gasteiger partial charge on any atom is -0.269 e. The Morgan fingerprint density at radius 1 is 1.22 bits per heavy atom. The molecule has 0 radical (unpaired) electrons. The number of urea groups is 1. The first-order chi connectivity index (χ1) is 11.1. The Morgan fingerprint density at radius 3 is 2.74 bits per heavy atom. The molecule has 0 spiro atoms. The number of imide groups is 1. The molecule has 3 heterocycles. The van der Waals surface area contributed by atoms with Crippen LogP contribution < -0.4 is 0 Å². The summed E-state index contributed by atoms with van der Waals surface area (Å²) in [5.41, 5.74) is 0. The number of amidine groups is 2. The molecule has 3 aliphatic rings. The van der Waals surface area contributed by atoms with Crippen molar-refractivity contribution in [3.63, 3.8) is 0 Å². The molecular weight excluding hydrogens is 312 g/mol. The van der Waals surface area contributed by atoms with Gasteiger partial charge in [-0.15, -0.1) is 0 Å². The zero-order chi connectivity index (χ0) is 16.4. The first kappa shape index (κ1) is 16.5. The van der Waals surface area contributed by atoms with Crippen LogP contribution in [-0.2, 0) is 4.79 Å². The molecule has 3 rings (SSSR count). The number of rotatable bonds is 7. The smallest absolute Gasteiger partial charge is 0.269 e. The van der Waals surface area contributed by atoms with E-state index in [0.717, 1.165) is 30.3 Å². The van der Waals surface area contributed by atoms with E-state index in [2.05, 4.69) is 11.9 Å². The number of aliphatic imine (C=N–C) groups is 1. The monoisotopic (exact) mass is 337 g/mol. The van der Waals surface area contributed by atoms with E-state index in [9.17, 15) is 9.59 Å². The summed E-state index contributed by atoms with van der Waals surface area (Å²) >= 11 is 1.66. The standard InChI is InChI=1S/C16H25N4O2S/c1-3-4-5-6-7-8-9-20-14(21)12-13(18(2)16(20)22)17-15-19(12)10-11-23-15/h12H,3-11H2,1-2H3/q+1. The maximum Gasteiger partial charge on any atom is 0.358 e. The number of carbonyl (C=O) groups is 2. The van der Waals surface area contributed by atoms with E-state index >= 15 is 0 Å². The maximum absolute atomic E-state index is 12.8. The van der Waals surface area contributed by atoms with Crippen LogP contribution in [0.3, 0.4) is 0 Å². The molecule has 0 N–H and O–H groups in total. The Kier molecular flexibility index (Phi) is 5.04. The van der Waals surface area contributed by atoms with Crippen molar-refractivity contribution in [3.05, 3.63) is 0 Å². The molecule has 126 valence electrons. The molecule has 3 aliphatic heterocycles. The van der Waals surface area contributed by atoms with E-state index in [-0.39, 0.29) is 18.0 Å². The van der Waals surface area contributed by atoms with Gasteiger partial charge in [0.05, 0.1) is 6.54 Å². The van der Waals surface area contributed by atoms with E-state index in [4.69, 9.17) is 0 Å². The Bertz CT molecular complexity index is 572. The second kappa shape index (κ2) is 7.03. The molecule has 1 atom stereocenters. The highest BCUT2D eigenvalue weighted by atomic mass is 32.2. The second-order valence-electron chi connectivity index (χ2n) is 6.30. The quantitative estimate of drug-likeness (QED) is 0.528. The van der Waals surface area contributed by atoms with Gasteiger partial charge in [-0.25, -0.2) is 9.37 Å². The Hall–Kier alpha value is -1.37. The van der Waals surface area contributed by atoms with Crippen molar-refractivity contribution in [2.45, 2.75) is 51.5 Å². The molecule has 6 nitrogen and oxygen atoms in total. The van der Waals surface area contributed by atoms with E-state index in [1.165, 1.54) is 30.6 Å². The third-order valence-electron chi connectivity index (χ3n) is 4.67. The van der Waals surface area contributed by atoms with Crippen LogP contribution >= 0.6 is 11.8 Å². The van der Waals surface area contributed by atoms with Gasteiger partial charge in [0, 0.05) is 19.3 Å². The Labute approximate surface area is 141 Å². The largest absolute Gasteiger partial charge is 0.358 e. The molecule has 1 saturated heterocycles. The fourth-order valence-electron chi connectivity index (χ4n) is 3.33. The molecule has 0 bridgehead atoms. The lowest BCUT2D eigenvalue weighted by molar-refractivity contribution is -0.525. The number of likely N-dealkylation sites (N-methyl/N-ethyl adjacent to an activating group) is 1. The highest BCUT2D eigenvalue weighted by Gasteiger charge is 2.55. The summed E-state index contributed by atoms with van der Waals surface area (Å²) in [6.07, 6.45) is 6.86. The molecular formula is C16H25N4O2S+. The number of amides is 3. The molecule has 1 unspecified atom stereocenters. The summed E-state index contributed by atoms with van der Waals surface area (Å²) in [7, 11) is 1.72. The van der Waals surface area contributed by atoms with Gasteiger partial charge >= 0.3 is 11.2 Å². The lowest BCUT2D eigenvalue weighted by Crippen LogP contribution is -2.62. The minimum absolute atomic E-state index is 0.0992. The van der Waals surface area contributed by atoms with Crippen molar-refractivity contribution in [2.75, 3.05) is 25.9 Å². The van der Waals surface area contributed by atoms with Crippen molar-refractivity contribution in [2.24, 2.45) is 4.99 Å². The van der Waals surface area contributed by atoms with Crippen LogP contribution in [-0.4, -0.2) is 69.2 Å². The fraction of sp³-hybridized carbons (Fsp3) is 0.750. The van der Waals surface area contributed by atoms with Gasteiger partial charge in [0.25, 0.3) is 17.8 Å². The number of thioether (sulfide) groups is 1. The summed E-state index contributed by atoms with van der Waals surface area (Å²) in [5.74, 6) is 1.46. The van der Waals surface area contributed by atoms with E-state index < -0.39 is 0 Å². The maximum atomic E-state index is 12.8. The van der Waals surface area contributed by atoms with Gasteiger partial charge in [-0.2, -0.15) is 0 Å². The lowest BCUT2D eigenvalue weighted by atomic mass is 10.1. The lowest BCUT2D eigenvalue weighted by Gasteiger charge is -2.33. The van der Waals surface area contributed by atoms with Gasteiger partial charge in [0.2, 0.25) is 0 Å². The molecule has 0 aliphatic carbocycles. The third-order valence-corrected chi connectivity index (χ3v) is 5.64. The SMILES string of the molecule is CCCCCCCCN1C(=O)C2C(=NC3=[N+]2CCS3)N(C)C1=O. The molecule has 3 amide bonds. The number of unbranched alkanes of at least 4 members (excludes halogenated alkanes) is 5. The minimum atomic E-state index is -0.386. The predicted octanol–water partition coefficient (Wildman–Crippen LogP) is 2.14. The third kappa shape index (κ3) is 3.03. The molecule has 0 aromatic rings. The predicted molar refractivity (Wildman–Crippen MR) is 92.1 cm³/mol. The van der Waals surface area contributed by atoms with Crippen LogP contribution in [0.1, 0.15) is 45.4 Å². The summed E-state index contributed by atoms with van der Waals surface area (Å²) in [4.78, 5) is 32.8. The highest BCUT2D eigenvalue weighted by molar-refractivity contribution is 8.13. The average molecular weight is 337 g/mol. The highest BCUT2D eigenvalue weighted by Crippen LogP contribution is 2.27. The first-order valence-corrected chi connectivity index (χ1v) is 9.57. The molecule has 0 aromatic carbocycles. The van der Waals surface area contributed by atoms with Crippen molar-refractivity contribution in [1.29, 1.82) is 0 Å².